The first-order chi connectivity index (χ1) is 17.0. The van der Waals surface area contributed by atoms with Crippen LogP contribution >= 0.6 is 0 Å². The fourth-order valence-electron chi connectivity index (χ4n) is 4.79. The molecule has 0 bridgehead atoms. The van der Waals surface area contributed by atoms with Crippen molar-refractivity contribution in [1.29, 1.82) is 0 Å². The van der Waals surface area contributed by atoms with Gasteiger partial charge in [-0.2, -0.15) is 16.8 Å². The van der Waals surface area contributed by atoms with E-state index in [-0.39, 0.29) is 16.7 Å². The third kappa shape index (κ3) is 3.87. The molecule has 4 rings (SSSR count). The predicted octanol–water partition coefficient (Wildman–Crippen LogP) is 2.75. The molecule has 11 nitrogen and oxygen atoms in total. The first-order valence-corrected chi connectivity index (χ1v) is 13.6. The van der Waals surface area contributed by atoms with Gasteiger partial charge in [-0.1, -0.05) is 0 Å². The Morgan fingerprint density at radius 3 is 1.84 bits per heavy atom. The van der Waals surface area contributed by atoms with Gasteiger partial charge in [0.1, 0.15) is 4.90 Å². The van der Waals surface area contributed by atoms with Crippen LogP contribution in [0.25, 0.3) is 11.1 Å². The van der Waals surface area contributed by atoms with Crippen LogP contribution in [0.2, 0.25) is 0 Å². The number of nitrogens with two attached hydrogens (primary N) is 2. The van der Waals surface area contributed by atoms with Crippen molar-refractivity contribution >= 4 is 48.9 Å². The summed E-state index contributed by atoms with van der Waals surface area (Å²) in [7, 11) is -8.16. The zero-order valence-electron chi connectivity index (χ0n) is 20.1. The summed E-state index contributed by atoms with van der Waals surface area (Å²) < 4.78 is 67.5. The van der Waals surface area contributed by atoms with Crippen LogP contribution in [-0.2, 0) is 20.2 Å². The standard InChI is InChI=1S/C24H23N3O8S2/c1-9-7-15(27-4)11(3)16(10(9)2)17-18-19(21(26)24(20(17)25)37(33,34)35)23(29)14-8-12(36(30,31)32)5-6-13(14)22(18)28/h5-8,27H,25-26H2,1-4H3,(H,30,31,32)(H,33,34,35). The fraction of sp³-hybridized carbons (Fsp3) is 0.167. The molecule has 194 valence electrons. The van der Waals surface area contributed by atoms with Gasteiger partial charge in [0.15, 0.2) is 11.6 Å². The van der Waals surface area contributed by atoms with E-state index in [0.717, 1.165) is 23.8 Å². The van der Waals surface area contributed by atoms with E-state index in [0.29, 0.717) is 22.4 Å². The Morgan fingerprint density at radius 1 is 0.730 bits per heavy atom. The number of fused-ring (bicyclic) bond motifs is 2. The molecule has 3 aromatic carbocycles. The van der Waals surface area contributed by atoms with Crippen LogP contribution in [0.3, 0.4) is 0 Å². The number of rotatable bonds is 4. The lowest BCUT2D eigenvalue weighted by Crippen LogP contribution is -2.26. The fourth-order valence-corrected chi connectivity index (χ4v) is 6.05. The summed E-state index contributed by atoms with van der Waals surface area (Å²) in [6.45, 7) is 5.24. The molecule has 3 aromatic rings. The minimum absolute atomic E-state index is 0.102. The normalized spacial score (nSPS) is 13.4. The number of carbonyl (C=O) groups is 2. The van der Waals surface area contributed by atoms with Crippen molar-refractivity contribution in [3.05, 3.63) is 63.2 Å². The monoisotopic (exact) mass is 545 g/mol. The van der Waals surface area contributed by atoms with Gasteiger partial charge in [0.05, 0.1) is 21.8 Å². The third-order valence-electron chi connectivity index (χ3n) is 6.64. The van der Waals surface area contributed by atoms with Crippen molar-refractivity contribution in [1.82, 2.24) is 0 Å². The van der Waals surface area contributed by atoms with E-state index in [1.807, 2.05) is 6.07 Å². The maximum Gasteiger partial charge on any atom is 0.298 e. The molecule has 0 unspecified atom stereocenters. The summed E-state index contributed by atoms with van der Waals surface area (Å²) in [6, 6.07) is 4.69. The molecule has 0 spiro atoms. The van der Waals surface area contributed by atoms with Crippen LogP contribution in [-0.4, -0.2) is 44.6 Å². The zero-order valence-corrected chi connectivity index (χ0v) is 21.8. The van der Waals surface area contributed by atoms with Gasteiger partial charge in [-0.25, -0.2) is 0 Å². The van der Waals surface area contributed by atoms with E-state index in [1.54, 1.807) is 27.8 Å². The first-order valence-electron chi connectivity index (χ1n) is 10.7. The maximum absolute atomic E-state index is 13.8. The van der Waals surface area contributed by atoms with Crippen LogP contribution in [0.4, 0.5) is 17.1 Å². The number of nitrogen functional groups attached to an aromatic ring is 2. The Hall–Kier alpha value is -3.78. The van der Waals surface area contributed by atoms with Crippen molar-refractivity contribution < 1.29 is 35.5 Å². The second-order valence-corrected chi connectivity index (χ2v) is 11.5. The Kier molecular flexibility index (Phi) is 5.95. The molecule has 0 fully saturated rings. The summed E-state index contributed by atoms with van der Waals surface area (Å²) in [4.78, 5) is 25.9. The molecular formula is C24H23N3O8S2. The average molecular weight is 546 g/mol. The van der Waals surface area contributed by atoms with E-state index < -0.39 is 64.1 Å². The van der Waals surface area contributed by atoms with Gasteiger partial charge < -0.3 is 16.8 Å². The van der Waals surface area contributed by atoms with Crippen molar-refractivity contribution in [2.24, 2.45) is 0 Å². The van der Waals surface area contributed by atoms with Gasteiger partial charge in [0.25, 0.3) is 20.2 Å². The molecule has 1 aliphatic carbocycles. The largest absolute Gasteiger partial charge is 0.397 e. The van der Waals surface area contributed by atoms with E-state index in [2.05, 4.69) is 5.32 Å². The Labute approximate surface area is 213 Å². The van der Waals surface area contributed by atoms with E-state index in [4.69, 9.17) is 11.5 Å². The van der Waals surface area contributed by atoms with Crippen molar-refractivity contribution in [3.8, 4) is 11.1 Å². The number of anilines is 3. The van der Waals surface area contributed by atoms with Crippen LogP contribution in [0.5, 0.6) is 0 Å². The van der Waals surface area contributed by atoms with E-state index in [9.17, 15) is 35.5 Å². The SMILES string of the molecule is CNc1cc(C)c(C)c(-c2c(N)c(S(=O)(=O)O)c(N)c3c2C(=O)c2ccc(S(=O)(=O)O)cc2C3=O)c1C. The lowest BCUT2D eigenvalue weighted by Gasteiger charge is -2.27. The molecule has 0 aromatic heterocycles. The lowest BCUT2D eigenvalue weighted by atomic mass is 9.77. The van der Waals surface area contributed by atoms with E-state index in [1.165, 1.54) is 0 Å². The molecule has 37 heavy (non-hydrogen) atoms. The topological polar surface area (TPSA) is 207 Å². The summed E-state index contributed by atoms with van der Waals surface area (Å²) in [5, 5.41) is 3.02. The van der Waals surface area contributed by atoms with Crippen molar-refractivity contribution in [2.75, 3.05) is 23.8 Å². The number of nitrogens with one attached hydrogen (secondary N) is 1. The number of carbonyl (C=O) groups excluding carboxylic acids is 2. The van der Waals surface area contributed by atoms with Gasteiger partial charge in [0.2, 0.25) is 0 Å². The highest BCUT2D eigenvalue weighted by Crippen LogP contribution is 2.48. The number of ketones is 2. The molecule has 0 radical (unpaired) electrons. The smallest absolute Gasteiger partial charge is 0.298 e. The van der Waals surface area contributed by atoms with Gasteiger partial charge in [-0.05, 0) is 67.3 Å². The Morgan fingerprint density at radius 2 is 1.30 bits per heavy atom. The second-order valence-electron chi connectivity index (χ2n) is 8.71. The van der Waals surface area contributed by atoms with Gasteiger partial charge in [-0.15, -0.1) is 0 Å². The van der Waals surface area contributed by atoms with Crippen LogP contribution < -0.4 is 16.8 Å². The number of aryl methyl sites for hydroxylation is 1. The summed E-state index contributed by atoms with van der Waals surface area (Å²) in [5.74, 6) is -1.75. The number of benzene rings is 3. The molecule has 13 heteroatoms. The lowest BCUT2D eigenvalue weighted by molar-refractivity contribution is 0.0979. The molecule has 0 amide bonds. The molecular weight excluding hydrogens is 522 g/mol. The summed E-state index contributed by atoms with van der Waals surface area (Å²) in [5.41, 5.74) is 12.5. The van der Waals surface area contributed by atoms with Crippen molar-refractivity contribution in [2.45, 2.75) is 30.6 Å². The zero-order chi connectivity index (χ0) is 27.8. The third-order valence-corrected chi connectivity index (χ3v) is 8.45. The summed E-state index contributed by atoms with van der Waals surface area (Å²) >= 11 is 0. The number of hydrogen-bond acceptors (Lipinski definition) is 9. The summed E-state index contributed by atoms with van der Waals surface area (Å²) in [6.07, 6.45) is 0. The predicted molar refractivity (Wildman–Crippen MR) is 137 cm³/mol. The highest BCUT2D eigenvalue weighted by Gasteiger charge is 2.40. The van der Waals surface area contributed by atoms with E-state index >= 15 is 0 Å². The van der Waals surface area contributed by atoms with Crippen LogP contribution in [0.15, 0.2) is 34.1 Å². The van der Waals surface area contributed by atoms with Gasteiger partial charge in [0, 0.05) is 35.0 Å². The molecule has 0 atom stereocenters. The maximum atomic E-state index is 13.8. The highest BCUT2D eigenvalue weighted by atomic mass is 32.2. The average Bonchev–Trinajstić information content (AvgIpc) is 2.79. The van der Waals surface area contributed by atoms with Crippen molar-refractivity contribution in [3.63, 3.8) is 0 Å². The minimum Gasteiger partial charge on any atom is -0.397 e. The molecule has 0 aliphatic heterocycles. The molecule has 0 saturated heterocycles. The molecule has 0 heterocycles. The minimum atomic E-state index is -5.09. The first kappa shape index (κ1) is 26.3. The quantitative estimate of drug-likeness (QED) is 0.186. The Balaban J connectivity index is 2.26. The van der Waals surface area contributed by atoms with Crippen LogP contribution in [0.1, 0.15) is 48.5 Å². The van der Waals surface area contributed by atoms with Crippen LogP contribution in [0, 0.1) is 20.8 Å². The van der Waals surface area contributed by atoms with Gasteiger partial charge >= 0.3 is 0 Å². The van der Waals surface area contributed by atoms with Gasteiger partial charge in [-0.3, -0.25) is 18.7 Å². The number of hydrogen-bond donors (Lipinski definition) is 5. The highest BCUT2D eigenvalue weighted by molar-refractivity contribution is 7.86. The second kappa shape index (κ2) is 8.38. The molecule has 0 saturated carbocycles. The molecule has 7 N–H and O–H groups in total. The molecule has 1 aliphatic rings. The Bertz CT molecular complexity index is 1790.